The quantitative estimate of drug-likeness (QED) is 0.320. The van der Waals surface area contributed by atoms with Crippen LogP contribution in [0.3, 0.4) is 0 Å². The number of thioether (sulfide) groups is 1. The summed E-state index contributed by atoms with van der Waals surface area (Å²) in [4.78, 5) is 25.5. The maximum absolute atomic E-state index is 11.7. The fourth-order valence-electron chi connectivity index (χ4n) is 2.47. The van der Waals surface area contributed by atoms with Crippen molar-refractivity contribution in [2.45, 2.75) is 26.7 Å². The molecule has 0 saturated carbocycles. The highest BCUT2D eigenvalue weighted by atomic mass is 32.2. The molecule has 0 unspecified atom stereocenters. The Morgan fingerprint density at radius 2 is 1.89 bits per heavy atom. The largest absolute Gasteiger partial charge is 0.466 e. The monoisotopic (exact) mass is 388 g/mol. The second-order valence-electron chi connectivity index (χ2n) is 5.82. The Morgan fingerprint density at radius 1 is 1.22 bits per heavy atom. The predicted molar refractivity (Wildman–Crippen MR) is 110 cm³/mol. The molecule has 2 rings (SSSR count). The molecule has 0 aliphatic carbocycles. The van der Waals surface area contributed by atoms with E-state index in [9.17, 15) is 9.59 Å². The number of nitrogens with one attached hydrogen (secondary N) is 1. The van der Waals surface area contributed by atoms with E-state index in [-0.39, 0.29) is 4.91 Å². The van der Waals surface area contributed by atoms with Crippen molar-refractivity contribution in [1.82, 2.24) is 5.32 Å². The average Bonchev–Trinajstić information content (AvgIpc) is 3.01. The van der Waals surface area contributed by atoms with Gasteiger partial charge in [-0.1, -0.05) is 26.0 Å². The Morgan fingerprint density at radius 3 is 2.48 bits per heavy atom. The number of carbonyl (C=O) groups is 2. The van der Waals surface area contributed by atoms with Crippen molar-refractivity contribution >= 4 is 40.7 Å². The lowest BCUT2D eigenvalue weighted by Crippen LogP contribution is -2.24. The number of carbonyl (C=O) groups excluding carboxylic acids is 2. The van der Waals surface area contributed by atoms with Crippen molar-refractivity contribution in [2.24, 2.45) is 10.2 Å². The molecule has 27 heavy (non-hydrogen) atoms. The maximum Gasteiger partial charge on any atom is 0.331 e. The molecule has 0 radical (unpaired) electrons. The van der Waals surface area contributed by atoms with Gasteiger partial charge in [0.15, 0.2) is 5.17 Å². The van der Waals surface area contributed by atoms with Crippen LogP contribution in [0, 0.1) is 0 Å². The zero-order chi connectivity index (χ0) is 19.6. The summed E-state index contributed by atoms with van der Waals surface area (Å²) in [5, 5.41) is 10.9. The number of amides is 1. The molecule has 144 valence electrons. The first-order valence-corrected chi connectivity index (χ1v) is 9.63. The molecule has 1 N–H and O–H groups in total. The Bertz CT molecular complexity index is 751. The van der Waals surface area contributed by atoms with E-state index in [0.717, 1.165) is 49.3 Å². The molecule has 1 amide bonds. The van der Waals surface area contributed by atoms with Crippen LogP contribution in [0.15, 0.2) is 45.4 Å². The summed E-state index contributed by atoms with van der Waals surface area (Å²) in [6, 6.07) is 8.12. The zero-order valence-corrected chi connectivity index (χ0v) is 16.6. The highest BCUT2D eigenvalue weighted by Gasteiger charge is 2.24. The van der Waals surface area contributed by atoms with E-state index in [1.54, 1.807) is 6.21 Å². The van der Waals surface area contributed by atoms with E-state index in [4.69, 9.17) is 0 Å². The van der Waals surface area contributed by atoms with Gasteiger partial charge in [0.1, 0.15) is 0 Å². The van der Waals surface area contributed by atoms with Gasteiger partial charge in [0, 0.05) is 24.9 Å². The van der Waals surface area contributed by atoms with Crippen LogP contribution in [-0.2, 0) is 14.3 Å². The van der Waals surface area contributed by atoms with Crippen LogP contribution in [0.5, 0.6) is 0 Å². The third-order valence-corrected chi connectivity index (χ3v) is 4.60. The molecule has 8 heteroatoms. The molecule has 1 heterocycles. The van der Waals surface area contributed by atoms with Crippen LogP contribution >= 0.6 is 11.8 Å². The molecule has 1 aromatic carbocycles. The van der Waals surface area contributed by atoms with E-state index in [2.05, 4.69) is 51.1 Å². The van der Waals surface area contributed by atoms with Crippen LogP contribution in [0.2, 0.25) is 0 Å². The second kappa shape index (κ2) is 10.5. The van der Waals surface area contributed by atoms with Gasteiger partial charge in [0.05, 0.1) is 18.2 Å². The third-order valence-electron chi connectivity index (χ3n) is 3.70. The first kappa shape index (κ1) is 20.7. The Balaban J connectivity index is 2.00. The Kier molecular flexibility index (Phi) is 8.06. The maximum atomic E-state index is 11.7. The van der Waals surface area contributed by atoms with Gasteiger partial charge in [0.25, 0.3) is 5.91 Å². The van der Waals surface area contributed by atoms with Gasteiger partial charge < -0.3 is 9.64 Å². The van der Waals surface area contributed by atoms with Gasteiger partial charge >= 0.3 is 5.97 Å². The number of esters is 1. The lowest BCUT2D eigenvalue weighted by atomic mass is 10.2. The molecule has 1 aliphatic heterocycles. The van der Waals surface area contributed by atoms with Crippen LogP contribution in [-0.4, -0.2) is 43.5 Å². The minimum Gasteiger partial charge on any atom is -0.466 e. The van der Waals surface area contributed by atoms with Crippen LogP contribution in [0.4, 0.5) is 5.69 Å². The van der Waals surface area contributed by atoms with E-state index in [0.29, 0.717) is 5.17 Å². The lowest BCUT2D eigenvalue weighted by molar-refractivity contribution is -0.135. The van der Waals surface area contributed by atoms with E-state index < -0.39 is 11.9 Å². The van der Waals surface area contributed by atoms with Gasteiger partial charge in [-0.2, -0.15) is 5.10 Å². The van der Waals surface area contributed by atoms with Crippen molar-refractivity contribution in [2.75, 3.05) is 25.1 Å². The number of amidine groups is 1. The molecular formula is C19H24N4O3S. The van der Waals surface area contributed by atoms with Crippen LogP contribution < -0.4 is 10.2 Å². The number of methoxy groups -OCH3 is 1. The number of benzene rings is 1. The normalized spacial score (nSPS) is 16.9. The number of ether oxygens (including phenoxy) is 1. The number of nitrogens with zero attached hydrogens (tertiary/aromatic N) is 3. The zero-order valence-electron chi connectivity index (χ0n) is 15.8. The molecule has 1 saturated heterocycles. The molecule has 7 nitrogen and oxygen atoms in total. The Labute approximate surface area is 163 Å². The molecule has 0 aromatic heterocycles. The summed E-state index contributed by atoms with van der Waals surface area (Å²) in [6.45, 7) is 6.42. The predicted octanol–water partition coefficient (Wildman–Crippen LogP) is 2.92. The smallest absolute Gasteiger partial charge is 0.331 e. The minimum absolute atomic E-state index is 0.229. The fourth-order valence-corrected chi connectivity index (χ4v) is 3.21. The molecule has 1 fully saturated rings. The van der Waals surface area contributed by atoms with Crippen LogP contribution in [0.1, 0.15) is 32.3 Å². The molecular weight excluding hydrogens is 364 g/mol. The fraction of sp³-hybridized carbons (Fsp3) is 0.368. The van der Waals surface area contributed by atoms with Gasteiger partial charge in [-0.05, 0) is 42.3 Å². The van der Waals surface area contributed by atoms with E-state index in [1.807, 2.05) is 12.1 Å². The molecule has 0 spiro atoms. The first-order valence-electron chi connectivity index (χ1n) is 8.82. The molecule has 0 atom stereocenters. The molecule has 1 aromatic rings. The SMILES string of the molecule is CCCN(CCC)c1ccc(C=N/N=C2/NC(=O)/C(=C\C(=O)OC)S2)cc1. The number of rotatable bonds is 8. The number of hydrogen-bond donors (Lipinski definition) is 1. The molecule has 1 aliphatic rings. The minimum atomic E-state index is -0.585. The average molecular weight is 388 g/mol. The number of hydrogen-bond acceptors (Lipinski definition) is 7. The van der Waals surface area contributed by atoms with Crippen molar-refractivity contribution < 1.29 is 14.3 Å². The topological polar surface area (TPSA) is 83.4 Å². The van der Waals surface area contributed by atoms with Gasteiger partial charge in [0.2, 0.25) is 0 Å². The van der Waals surface area contributed by atoms with Gasteiger partial charge in [-0.3, -0.25) is 10.1 Å². The van der Waals surface area contributed by atoms with Crippen molar-refractivity contribution in [3.63, 3.8) is 0 Å². The van der Waals surface area contributed by atoms with E-state index in [1.165, 1.54) is 12.8 Å². The van der Waals surface area contributed by atoms with Gasteiger partial charge in [-0.25, -0.2) is 4.79 Å². The molecule has 0 bridgehead atoms. The van der Waals surface area contributed by atoms with E-state index >= 15 is 0 Å². The summed E-state index contributed by atoms with van der Waals surface area (Å²) in [7, 11) is 1.26. The third kappa shape index (κ3) is 6.25. The summed E-state index contributed by atoms with van der Waals surface area (Å²) in [5.41, 5.74) is 2.11. The summed E-state index contributed by atoms with van der Waals surface area (Å²) in [5.74, 6) is -0.978. The lowest BCUT2D eigenvalue weighted by Gasteiger charge is -2.23. The highest BCUT2D eigenvalue weighted by Crippen LogP contribution is 2.23. The van der Waals surface area contributed by atoms with Crippen LogP contribution in [0.25, 0.3) is 0 Å². The van der Waals surface area contributed by atoms with Gasteiger partial charge in [-0.15, -0.1) is 5.10 Å². The summed E-state index contributed by atoms with van der Waals surface area (Å²) >= 11 is 1.04. The number of anilines is 1. The van der Waals surface area contributed by atoms with Crippen molar-refractivity contribution in [3.05, 3.63) is 40.8 Å². The van der Waals surface area contributed by atoms with Crippen molar-refractivity contribution in [3.8, 4) is 0 Å². The summed E-state index contributed by atoms with van der Waals surface area (Å²) in [6.07, 6.45) is 4.96. The standard InChI is InChI=1S/C19H24N4O3S/c1-4-10-23(11-5-2)15-8-6-14(7-9-15)13-20-22-19-21-18(25)16(27-19)12-17(24)26-3/h6-9,12-13H,4-5,10-11H2,1-3H3,(H,21,22,25)/b16-12+,20-13?. The second-order valence-corrected chi connectivity index (χ2v) is 6.85. The summed E-state index contributed by atoms with van der Waals surface area (Å²) < 4.78 is 4.51. The van der Waals surface area contributed by atoms with Crippen molar-refractivity contribution in [1.29, 1.82) is 0 Å². The highest BCUT2D eigenvalue weighted by molar-refractivity contribution is 8.18. The first-order chi connectivity index (χ1) is 13.1. The Hall–Kier alpha value is -2.61.